The number of aryl methyl sites for hydroxylation is 2. The smallest absolute Gasteiger partial charge is 0.403 e. The number of imidazole rings is 1. The molecular weight excluding hydrogens is 637 g/mol. The largest absolute Gasteiger partial charge is 0.474 e. The van der Waals surface area contributed by atoms with Gasteiger partial charge < -0.3 is 25.3 Å². The number of pyridine rings is 1. The molecule has 5 rings (SSSR count). The Morgan fingerprint density at radius 2 is 1.77 bits per heavy atom. The van der Waals surface area contributed by atoms with E-state index >= 15 is 0 Å². The maximum atomic E-state index is 13.3. The summed E-state index contributed by atoms with van der Waals surface area (Å²) in [5, 5.41) is 8.36. The highest BCUT2D eigenvalue weighted by Crippen LogP contribution is 2.57. The van der Waals surface area contributed by atoms with Crippen LogP contribution in [-0.2, 0) is 17.9 Å². The lowest BCUT2D eigenvalue weighted by Crippen LogP contribution is -2.40. The number of benzene rings is 1. The first-order valence-corrected chi connectivity index (χ1v) is 15.4. The van der Waals surface area contributed by atoms with Gasteiger partial charge in [-0.25, -0.2) is 4.39 Å². The van der Waals surface area contributed by atoms with Gasteiger partial charge in [0, 0.05) is 29.1 Å². The number of nitrogens with one attached hydrogen (secondary N) is 3. The molecule has 1 aromatic carbocycles. The molecule has 47 heavy (non-hydrogen) atoms. The number of halogens is 7. The summed E-state index contributed by atoms with van der Waals surface area (Å²) in [6, 6.07) is 6.11. The van der Waals surface area contributed by atoms with E-state index < -0.39 is 48.2 Å². The Labute approximate surface area is 270 Å². The highest BCUT2D eigenvalue weighted by atomic mass is 19.4. The van der Waals surface area contributed by atoms with Crippen molar-refractivity contribution in [2.45, 2.75) is 83.9 Å². The van der Waals surface area contributed by atoms with Crippen LogP contribution in [0.4, 0.5) is 42.4 Å². The molecule has 3 aromatic rings. The number of amides is 2. The number of anilines is 2. The van der Waals surface area contributed by atoms with Crippen LogP contribution in [0.2, 0.25) is 0 Å². The van der Waals surface area contributed by atoms with E-state index in [1.54, 1.807) is 29.7 Å². The van der Waals surface area contributed by atoms with Crippen LogP contribution in [0.3, 0.4) is 0 Å². The van der Waals surface area contributed by atoms with Gasteiger partial charge in [-0.1, -0.05) is 12.1 Å². The van der Waals surface area contributed by atoms with Gasteiger partial charge >= 0.3 is 12.4 Å². The van der Waals surface area contributed by atoms with Crippen LogP contribution in [0.15, 0.2) is 24.3 Å². The van der Waals surface area contributed by atoms with Crippen LogP contribution in [0.1, 0.15) is 71.2 Å². The van der Waals surface area contributed by atoms with Crippen LogP contribution < -0.4 is 20.7 Å². The van der Waals surface area contributed by atoms with E-state index in [-0.39, 0.29) is 73.0 Å². The van der Waals surface area contributed by atoms with E-state index in [1.807, 2.05) is 6.92 Å². The van der Waals surface area contributed by atoms with E-state index in [0.29, 0.717) is 29.3 Å². The number of carbonyl (C=O) groups excluding carboxylic acids is 2. The predicted molar refractivity (Wildman–Crippen MR) is 164 cm³/mol. The molecule has 2 aliphatic rings. The molecule has 2 fully saturated rings. The van der Waals surface area contributed by atoms with Crippen molar-refractivity contribution in [2.75, 3.05) is 18.6 Å². The Hall–Kier alpha value is -4.11. The second-order valence-corrected chi connectivity index (χ2v) is 12.0. The Morgan fingerprint density at radius 1 is 1.06 bits per heavy atom. The Kier molecular flexibility index (Phi) is 9.60. The maximum Gasteiger partial charge on any atom is 0.403 e. The fourth-order valence-electron chi connectivity index (χ4n) is 5.83. The molecule has 0 spiro atoms. The van der Waals surface area contributed by atoms with Gasteiger partial charge in [-0.2, -0.15) is 36.3 Å². The average molecular weight is 679 g/mol. The molecule has 2 aliphatic carbocycles. The molecule has 0 aliphatic heterocycles. The molecule has 16 heteroatoms. The number of hydrogen-bond donors (Lipinski definition) is 3. The lowest BCUT2D eigenvalue weighted by Gasteiger charge is -2.30. The van der Waals surface area contributed by atoms with Crippen molar-refractivity contribution in [2.24, 2.45) is 11.3 Å². The molecule has 262 valence electrons. The normalized spacial score (nSPS) is 19.3. The van der Waals surface area contributed by atoms with Crippen LogP contribution in [0.25, 0.3) is 11.2 Å². The molecule has 0 bridgehead atoms. The fraction of sp³-hybridized carbons (Fsp3) is 0.548. The number of hydrogen-bond acceptors (Lipinski definition) is 6. The fourth-order valence-corrected chi connectivity index (χ4v) is 5.83. The number of nitrogens with zero attached hydrogens (tertiary/aromatic N) is 3. The van der Waals surface area contributed by atoms with Gasteiger partial charge in [0.2, 0.25) is 17.7 Å². The Bertz CT molecular complexity index is 1640. The number of carbonyl (C=O) groups is 2. The summed E-state index contributed by atoms with van der Waals surface area (Å²) in [6.07, 6.45) is -9.28. The molecule has 0 atom stereocenters. The van der Waals surface area contributed by atoms with E-state index in [4.69, 9.17) is 4.74 Å². The summed E-state index contributed by atoms with van der Waals surface area (Å²) in [4.78, 5) is 34.6. The standard InChI is InChI=1S/C31H35F7N6O3.3H2/c1-3-44-23-15-21(25(45)40-20-8-6-19(7-9-20)30(33,34)35)26(47-13-12-32)42-24(23)43-28(44)41-22-14-18(5-4-17(22)2)16-39-27(46)29(10-11-29)31(36,37)38;;;/h4-5,14-15,19-20H,3,6-13,16H2,1-2H3,(H,39,46)(H,40,45)(H,41,42,43);3*1H. The monoisotopic (exact) mass is 678 g/mol. The Morgan fingerprint density at radius 3 is 2.36 bits per heavy atom. The van der Waals surface area contributed by atoms with Gasteiger partial charge in [0.25, 0.3) is 5.91 Å². The third-order valence-electron chi connectivity index (χ3n) is 8.84. The third kappa shape index (κ3) is 7.25. The third-order valence-corrected chi connectivity index (χ3v) is 8.84. The van der Waals surface area contributed by atoms with Crippen LogP contribution in [0.5, 0.6) is 5.88 Å². The number of ether oxygens (including phenoxy) is 1. The highest BCUT2D eigenvalue weighted by Gasteiger charge is 2.68. The number of aromatic nitrogens is 3. The highest BCUT2D eigenvalue weighted by molar-refractivity contribution is 5.99. The molecule has 2 amide bonds. The van der Waals surface area contributed by atoms with Gasteiger partial charge in [-0.3, -0.25) is 9.59 Å². The van der Waals surface area contributed by atoms with Crippen LogP contribution in [-0.4, -0.2) is 58.0 Å². The van der Waals surface area contributed by atoms with Gasteiger partial charge in [-0.15, -0.1) is 0 Å². The summed E-state index contributed by atoms with van der Waals surface area (Å²) in [5.74, 6) is -2.95. The lowest BCUT2D eigenvalue weighted by atomic mass is 9.85. The minimum atomic E-state index is -4.61. The number of fused-ring (bicyclic) bond motifs is 1. The minimum absolute atomic E-state index is 0. The van der Waals surface area contributed by atoms with Crippen LogP contribution >= 0.6 is 0 Å². The molecule has 9 nitrogen and oxygen atoms in total. The van der Waals surface area contributed by atoms with Crippen molar-refractivity contribution in [3.63, 3.8) is 0 Å². The summed E-state index contributed by atoms with van der Waals surface area (Å²) in [5.41, 5.74) is 0.124. The van der Waals surface area contributed by atoms with Gasteiger partial charge in [-0.05, 0) is 75.6 Å². The quantitative estimate of drug-likeness (QED) is 0.183. The predicted octanol–water partition coefficient (Wildman–Crippen LogP) is 7.40. The average Bonchev–Trinajstić information content (AvgIpc) is 3.77. The summed E-state index contributed by atoms with van der Waals surface area (Å²) >= 11 is 0. The van der Waals surface area contributed by atoms with E-state index in [1.165, 1.54) is 6.07 Å². The van der Waals surface area contributed by atoms with Gasteiger partial charge in [0.1, 0.15) is 24.3 Å². The first-order valence-electron chi connectivity index (χ1n) is 15.4. The van der Waals surface area contributed by atoms with Crippen molar-refractivity contribution in [3.8, 4) is 5.88 Å². The summed E-state index contributed by atoms with van der Waals surface area (Å²) in [6.45, 7) is 2.63. The number of alkyl halides is 7. The molecule has 0 radical (unpaired) electrons. The van der Waals surface area contributed by atoms with E-state index in [0.717, 1.165) is 5.56 Å². The van der Waals surface area contributed by atoms with Gasteiger partial charge in [0.15, 0.2) is 5.65 Å². The lowest BCUT2D eigenvalue weighted by molar-refractivity contribution is -0.192. The van der Waals surface area contributed by atoms with Crippen molar-refractivity contribution < 1.29 is 49.3 Å². The van der Waals surface area contributed by atoms with Crippen LogP contribution in [0, 0.1) is 18.3 Å². The van der Waals surface area contributed by atoms with E-state index in [9.17, 15) is 40.3 Å². The first kappa shape index (κ1) is 34.2. The number of rotatable bonds is 11. The molecule has 2 heterocycles. The molecular formula is C31H41F7N6O3. The SMILES string of the molecule is CCn1c(Nc2cc(CNC(=O)C3(C(F)(F)F)CC3)ccc2C)nc2nc(OCCF)c(C(=O)NC3CCC(C(F)(F)F)CC3)cc21.[HH].[HH].[HH]. The zero-order chi connectivity index (χ0) is 34.1. The summed E-state index contributed by atoms with van der Waals surface area (Å²) < 4.78 is 99.5. The molecule has 2 saturated carbocycles. The van der Waals surface area contributed by atoms with Crippen molar-refractivity contribution in [1.82, 2.24) is 25.2 Å². The molecule has 3 N–H and O–H groups in total. The second kappa shape index (κ2) is 13.2. The Balaban J connectivity index is 0.00000289. The minimum Gasteiger partial charge on any atom is -0.474 e. The van der Waals surface area contributed by atoms with Crippen molar-refractivity contribution in [3.05, 3.63) is 41.0 Å². The topological polar surface area (TPSA) is 110 Å². The van der Waals surface area contributed by atoms with Crippen molar-refractivity contribution >= 4 is 34.6 Å². The summed E-state index contributed by atoms with van der Waals surface area (Å²) in [7, 11) is 0. The maximum absolute atomic E-state index is 13.3. The van der Waals surface area contributed by atoms with Gasteiger partial charge in [0.05, 0.1) is 11.4 Å². The molecule has 0 unspecified atom stereocenters. The zero-order valence-corrected chi connectivity index (χ0v) is 25.7. The first-order chi connectivity index (χ1) is 22.2. The second-order valence-electron chi connectivity index (χ2n) is 12.0. The van der Waals surface area contributed by atoms with Crippen molar-refractivity contribution in [1.29, 1.82) is 0 Å². The molecule has 2 aromatic heterocycles. The zero-order valence-electron chi connectivity index (χ0n) is 25.7. The van der Waals surface area contributed by atoms with E-state index in [2.05, 4.69) is 25.9 Å². The molecule has 0 saturated heterocycles.